The number of fused-ring (bicyclic) bond motifs is 1. The van der Waals surface area contributed by atoms with Gasteiger partial charge in [-0.15, -0.1) is 0 Å². The molecule has 0 atom stereocenters. The van der Waals surface area contributed by atoms with Crippen molar-refractivity contribution in [2.45, 2.75) is 19.5 Å². The average Bonchev–Trinajstić information content (AvgIpc) is 2.86. The molecule has 1 amide bonds. The van der Waals surface area contributed by atoms with Gasteiger partial charge in [0.2, 0.25) is 5.91 Å². The first-order valence-corrected chi connectivity index (χ1v) is 6.28. The van der Waals surface area contributed by atoms with Gasteiger partial charge in [0.1, 0.15) is 11.6 Å². The minimum Gasteiger partial charge on any atom is -0.332 e. The molecule has 0 radical (unpaired) electrons. The van der Waals surface area contributed by atoms with E-state index in [1.165, 1.54) is 6.07 Å². The quantitative estimate of drug-likeness (QED) is 0.842. The predicted octanol–water partition coefficient (Wildman–Crippen LogP) is 2.44. The van der Waals surface area contributed by atoms with Crippen molar-refractivity contribution < 1.29 is 13.6 Å². The Morgan fingerprint density at radius 2 is 2.10 bits per heavy atom. The minimum absolute atomic E-state index is 0.0693. The van der Waals surface area contributed by atoms with Crippen molar-refractivity contribution in [2.75, 3.05) is 0 Å². The molecule has 0 spiro atoms. The summed E-state index contributed by atoms with van der Waals surface area (Å²) in [6.45, 7) is 0.933. The summed E-state index contributed by atoms with van der Waals surface area (Å²) in [5.41, 5.74) is 2.10. The monoisotopic (exact) mass is 274 g/mol. The summed E-state index contributed by atoms with van der Waals surface area (Å²) < 4.78 is 26.4. The highest BCUT2D eigenvalue weighted by molar-refractivity contribution is 5.79. The van der Waals surface area contributed by atoms with Gasteiger partial charge in [-0.25, -0.2) is 8.78 Å². The lowest BCUT2D eigenvalue weighted by atomic mass is 10.1. The van der Waals surface area contributed by atoms with Gasteiger partial charge in [0, 0.05) is 18.8 Å². The van der Waals surface area contributed by atoms with E-state index in [0.29, 0.717) is 13.1 Å². The maximum absolute atomic E-state index is 13.5. The maximum Gasteiger partial charge on any atom is 0.227 e. The summed E-state index contributed by atoms with van der Waals surface area (Å²) in [5, 5.41) is 0. The van der Waals surface area contributed by atoms with Gasteiger partial charge in [-0.3, -0.25) is 9.78 Å². The van der Waals surface area contributed by atoms with Gasteiger partial charge in [0.05, 0.1) is 18.7 Å². The van der Waals surface area contributed by atoms with Gasteiger partial charge in [-0.2, -0.15) is 0 Å². The molecule has 3 nitrogen and oxygen atoms in total. The maximum atomic E-state index is 13.5. The molecule has 0 saturated heterocycles. The molecular weight excluding hydrogens is 262 g/mol. The number of benzene rings is 1. The Morgan fingerprint density at radius 1 is 1.25 bits per heavy atom. The molecule has 0 fully saturated rings. The van der Waals surface area contributed by atoms with Crippen LogP contribution in [0.5, 0.6) is 0 Å². The molecule has 1 aliphatic heterocycles. The molecule has 1 aromatic heterocycles. The van der Waals surface area contributed by atoms with E-state index in [1.54, 1.807) is 11.1 Å². The Bertz CT molecular complexity index is 648. The first-order valence-electron chi connectivity index (χ1n) is 6.28. The molecule has 2 aromatic rings. The van der Waals surface area contributed by atoms with Crippen LogP contribution in [0.4, 0.5) is 8.78 Å². The first kappa shape index (κ1) is 12.7. The molecule has 0 N–H and O–H groups in total. The smallest absolute Gasteiger partial charge is 0.227 e. The molecule has 102 valence electrons. The molecule has 1 aliphatic rings. The van der Waals surface area contributed by atoms with E-state index in [0.717, 1.165) is 23.4 Å². The zero-order valence-electron chi connectivity index (χ0n) is 10.6. The second-order valence-corrected chi connectivity index (χ2v) is 4.77. The van der Waals surface area contributed by atoms with Crippen LogP contribution >= 0.6 is 0 Å². The first-order chi connectivity index (χ1) is 9.63. The van der Waals surface area contributed by atoms with Crippen LogP contribution in [-0.2, 0) is 24.3 Å². The van der Waals surface area contributed by atoms with Crippen LogP contribution in [0.2, 0.25) is 0 Å². The SMILES string of the molecule is O=C(Cc1ccc(F)cc1F)N1Cc2cccnc2C1. The van der Waals surface area contributed by atoms with Crippen molar-refractivity contribution in [1.82, 2.24) is 9.88 Å². The topological polar surface area (TPSA) is 33.2 Å². The van der Waals surface area contributed by atoms with Crippen molar-refractivity contribution >= 4 is 5.91 Å². The van der Waals surface area contributed by atoms with E-state index in [2.05, 4.69) is 4.98 Å². The molecule has 0 aliphatic carbocycles. The summed E-state index contributed by atoms with van der Waals surface area (Å²) >= 11 is 0. The van der Waals surface area contributed by atoms with Crippen LogP contribution in [0.1, 0.15) is 16.8 Å². The molecule has 5 heteroatoms. The average molecular weight is 274 g/mol. The Labute approximate surface area is 114 Å². The van der Waals surface area contributed by atoms with Crippen molar-refractivity contribution in [2.24, 2.45) is 0 Å². The Kier molecular flexibility index (Phi) is 3.18. The number of carbonyl (C=O) groups excluding carboxylic acids is 1. The Hall–Kier alpha value is -2.30. The van der Waals surface area contributed by atoms with Crippen LogP contribution in [0, 0.1) is 11.6 Å². The molecule has 0 saturated carbocycles. The number of hydrogen-bond donors (Lipinski definition) is 0. The van der Waals surface area contributed by atoms with Gasteiger partial charge in [0.15, 0.2) is 0 Å². The molecule has 1 aromatic carbocycles. The lowest BCUT2D eigenvalue weighted by molar-refractivity contribution is -0.131. The molecule has 3 rings (SSSR count). The summed E-state index contributed by atoms with van der Waals surface area (Å²) in [7, 11) is 0. The number of carbonyl (C=O) groups is 1. The van der Waals surface area contributed by atoms with Gasteiger partial charge >= 0.3 is 0 Å². The second-order valence-electron chi connectivity index (χ2n) is 4.77. The summed E-state index contributed by atoms with van der Waals surface area (Å²) in [6, 6.07) is 7.01. The number of pyridine rings is 1. The molecule has 0 unspecified atom stereocenters. The highest BCUT2D eigenvalue weighted by Gasteiger charge is 2.24. The molecule has 2 heterocycles. The molecule has 20 heavy (non-hydrogen) atoms. The third-order valence-corrected chi connectivity index (χ3v) is 3.40. The van der Waals surface area contributed by atoms with E-state index in [9.17, 15) is 13.6 Å². The van der Waals surface area contributed by atoms with Gasteiger partial charge in [-0.1, -0.05) is 12.1 Å². The normalized spacial score (nSPS) is 13.4. The van der Waals surface area contributed by atoms with Gasteiger partial charge in [-0.05, 0) is 23.3 Å². The van der Waals surface area contributed by atoms with E-state index in [-0.39, 0.29) is 17.9 Å². The van der Waals surface area contributed by atoms with Crippen LogP contribution in [0.15, 0.2) is 36.5 Å². The predicted molar refractivity (Wildman–Crippen MR) is 68.6 cm³/mol. The van der Waals surface area contributed by atoms with Crippen LogP contribution in [0.25, 0.3) is 0 Å². The second kappa shape index (κ2) is 5.00. The van der Waals surface area contributed by atoms with Gasteiger partial charge in [0.25, 0.3) is 0 Å². The number of amides is 1. The van der Waals surface area contributed by atoms with E-state index >= 15 is 0 Å². The fourth-order valence-corrected chi connectivity index (χ4v) is 2.32. The zero-order chi connectivity index (χ0) is 14.1. The molecular formula is C15H12F2N2O. The van der Waals surface area contributed by atoms with Crippen molar-refractivity contribution in [3.63, 3.8) is 0 Å². The van der Waals surface area contributed by atoms with Crippen molar-refractivity contribution in [3.8, 4) is 0 Å². The van der Waals surface area contributed by atoms with Crippen molar-refractivity contribution in [3.05, 3.63) is 65.0 Å². The Balaban J connectivity index is 1.72. The van der Waals surface area contributed by atoms with Crippen LogP contribution < -0.4 is 0 Å². The van der Waals surface area contributed by atoms with Crippen LogP contribution in [0.3, 0.4) is 0 Å². The van der Waals surface area contributed by atoms with Crippen LogP contribution in [-0.4, -0.2) is 15.8 Å². The highest BCUT2D eigenvalue weighted by Crippen LogP contribution is 2.21. The van der Waals surface area contributed by atoms with Gasteiger partial charge < -0.3 is 4.90 Å². The third-order valence-electron chi connectivity index (χ3n) is 3.40. The number of halogens is 2. The highest BCUT2D eigenvalue weighted by atomic mass is 19.1. The lowest BCUT2D eigenvalue weighted by Crippen LogP contribution is -2.27. The number of hydrogen-bond acceptors (Lipinski definition) is 2. The summed E-state index contributed by atoms with van der Waals surface area (Å²) in [6.07, 6.45) is 1.62. The van der Waals surface area contributed by atoms with E-state index in [1.807, 2.05) is 12.1 Å². The summed E-state index contributed by atoms with van der Waals surface area (Å²) in [4.78, 5) is 18.0. The number of rotatable bonds is 2. The van der Waals surface area contributed by atoms with Crippen molar-refractivity contribution in [1.29, 1.82) is 0 Å². The van der Waals surface area contributed by atoms with E-state index in [4.69, 9.17) is 0 Å². The summed E-state index contributed by atoms with van der Waals surface area (Å²) in [5.74, 6) is -1.52. The van der Waals surface area contributed by atoms with E-state index < -0.39 is 11.6 Å². The largest absolute Gasteiger partial charge is 0.332 e. The minimum atomic E-state index is -0.687. The Morgan fingerprint density at radius 3 is 2.85 bits per heavy atom. The standard InChI is InChI=1S/C15H12F2N2O/c16-12-4-3-10(13(17)7-12)6-15(20)19-8-11-2-1-5-18-14(11)9-19/h1-5,7H,6,8-9H2. The molecule has 0 bridgehead atoms. The number of nitrogens with zero attached hydrogens (tertiary/aromatic N) is 2. The lowest BCUT2D eigenvalue weighted by Gasteiger charge is -2.15. The third kappa shape index (κ3) is 2.39. The zero-order valence-corrected chi connectivity index (χ0v) is 10.6. The fraction of sp³-hybridized carbons (Fsp3) is 0.200. The number of aromatic nitrogens is 1. The fourth-order valence-electron chi connectivity index (χ4n) is 2.32.